The van der Waals surface area contributed by atoms with Crippen molar-refractivity contribution in [1.29, 1.82) is 0 Å². The molecule has 0 bridgehead atoms. The molecule has 106 valence electrons. The van der Waals surface area contributed by atoms with Gasteiger partial charge in [-0.2, -0.15) is 0 Å². The fourth-order valence-electron chi connectivity index (χ4n) is 1.88. The maximum absolute atomic E-state index is 11.0. The quantitative estimate of drug-likeness (QED) is 0.677. The Morgan fingerprint density at radius 3 is 2.75 bits per heavy atom. The average Bonchev–Trinajstić information content (AvgIpc) is 2.83. The summed E-state index contributed by atoms with van der Waals surface area (Å²) in [6, 6.07) is 4.97. The van der Waals surface area contributed by atoms with E-state index in [0.29, 0.717) is 6.54 Å². The van der Waals surface area contributed by atoms with Crippen molar-refractivity contribution in [2.24, 2.45) is 0 Å². The number of nitrogens with zero attached hydrogens (tertiary/aromatic N) is 3. The number of anilines is 2. The van der Waals surface area contributed by atoms with Crippen LogP contribution < -0.4 is 10.2 Å². The van der Waals surface area contributed by atoms with Crippen molar-refractivity contribution < 1.29 is 4.92 Å². The molecule has 1 heterocycles. The first-order valence-electron chi connectivity index (χ1n) is 6.09. The summed E-state index contributed by atoms with van der Waals surface area (Å²) in [4.78, 5) is 16.9. The lowest BCUT2D eigenvalue weighted by Crippen LogP contribution is -2.17. The van der Waals surface area contributed by atoms with Crippen molar-refractivity contribution in [2.75, 3.05) is 24.3 Å². The van der Waals surface area contributed by atoms with Gasteiger partial charge in [-0.05, 0) is 13.0 Å². The van der Waals surface area contributed by atoms with Gasteiger partial charge in [0.15, 0.2) is 0 Å². The highest BCUT2D eigenvalue weighted by Gasteiger charge is 2.12. The lowest BCUT2D eigenvalue weighted by molar-refractivity contribution is -0.384. The summed E-state index contributed by atoms with van der Waals surface area (Å²) in [5, 5.41) is 16.9. The topological polar surface area (TPSA) is 71.3 Å². The van der Waals surface area contributed by atoms with E-state index >= 15 is 0 Å². The fourth-order valence-corrected chi connectivity index (χ4v) is 2.48. The summed E-state index contributed by atoms with van der Waals surface area (Å²) < 4.78 is 0. The number of thiazole rings is 1. The lowest BCUT2D eigenvalue weighted by Gasteiger charge is -2.18. The standard InChI is InChI=1S/C13H16N4O2S/c1-9-15-11(8-20-9)7-16(3)12-4-10(14-2)5-13(6-12)17(18)19/h4-6,8,14H,7H2,1-3H3. The predicted octanol–water partition coefficient (Wildman–Crippen LogP) is 3.04. The SMILES string of the molecule is CNc1cc(N(C)Cc2csc(C)n2)cc([N+](=O)[O-])c1. The highest BCUT2D eigenvalue weighted by molar-refractivity contribution is 7.09. The smallest absolute Gasteiger partial charge is 0.273 e. The fraction of sp³-hybridized carbons (Fsp3) is 0.308. The Bertz CT molecular complexity index is 627. The second-order valence-electron chi connectivity index (χ2n) is 4.46. The van der Waals surface area contributed by atoms with Crippen LogP contribution >= 0.6 is 11.3 Å². The van der Waals surface area contributed by atoms with E-state index in [1.54, 1.807) is 24.5 Å². The van der Waals surface area contributed by atoms with Crippen LogP contribution in [0.1, 0.15) is 10.7 Å². The van der Waals surface area contributed by atoms with Crippen LogP contribution in [0.15, 0.2) is 23.6 Å². The second kappa shape index (κ2) is 5.87. The number of hydrogen-bond acceptors (Lipinski definition) is 6. The van der Waals surface area contributed by atoms with E-state index in [1.165, 1.54) is 6.07 Å². The van der Waals surface area contributed by atoms with Crippen molar-refractivity contribution >= 4 is 28.4 Å². The van der Waals surface area contributed by atoms with Crippen molar-refractivity contribution in [3.8, 4) is 0 Å². The van der Waals surface area contributed by atoms with Crippen LogP contribution in [-0.4, -0.2) is 24.0 Å². The Labute approximate surface area is 121 Å². The molecule has 2 rings (SSSR count). The molecule has 1 aromatic carbocycles. The maximum Gasteiger partial charge on any atom is 0.273 e. The van der Waals surface area contributed by atoms with Gasteiger partial charge in [0.05, 0.1) is 22.2 Å². The zero-order valence-corrected chi connectivity index (χ0v) is 12.4. The van der Waals surface area contributed by atoms with Gasteiger partial charge < -0.3 is 10.2 Å². The Balaban J connectivity index is 2.26. The van der Waals surface area contributed by atoms with E-state index in [1.807, 2.05) is 30.3 Å². The molecule has 0 aliphatic carbocycles. The molecule has 2 aromatic rings. The largest absolute Gasteiger partial charge is 0.388 e. The average molecular weight is 292 g/mol. The molecular weight excluding hydrogens is 276 g/mol. The first-order valence-corrected chi connectivity index (χ1v) is 6.97. The second-order valence-corrected chi connectivity index (χ2v) is 5.52. The number of rotatable bonds is 5. The number of non-ortho nitro benzene ring substituents is 1. The van der Waals surface area contributed by atoms with Crippen LogP contribution in [0.2, 0.25) is 0 Å². The summed E-state index contributed by atoms with van der Waals surface area (Å²) in [5.41, 5.74) is 2.55. The highest BCUT2D eigenvalue weighted by atomic mass is 32.1. The Hall–Kier alpha value is -2.15. The number of nitro benzene ring substituents is 1. The van der Waals surface area contributed by atoms with Gasteiger partial charge in [-0.25, -0.2) is 4.98 Å². The lowest BCUT2D eigenvalue weighted by atomic mass is 10.2. The minimum Gasteiger partial charge on any atom is -0.388 e. The van der Waals surface area contributed by atoms with E-state index in [2.05, 4.69) is 10.3 Å². The van der Waals surface area contributed by atoms with Crippen LogP contribution in [0.25, 0.3) is 0 Å². The third kappa shape index (κ3) is 3.24. The summed E-state index contributed by atoms with van der Waals surface area (Å²) >= 11 is 1.60. The summed E-state index contributed by atoms with van der Waals surface area (Å²) in [6.07, 6.45) is 0. The monoisotopic (exact) mass is 292 g/mol. The van der Waals surface area contributed by atoms with Crippen molar-refractivity contribution in [2.45, 2.75) is 13.5 Å². The third-order valence-electron chi connectivity index (χ3n) is 2.91. The Morgan fingerprint density at radius 2 is 2.20 bits per heavy atom. The van der Waals surface area contributed by atoms with E-state index in [4.69, 9.17) is 0 Å². The number of nitro groups is 1. The third-order valence-corrected chi connectivity index (χ3v) is 3.73. The van der Waals surface area contributed by atoms with Gasteiger partial charge >= 0.3 is 0 Å². The van der Waals surface area contributed by atoms with E-state index in [-0.39, 0.29) is 10.6 Å². The number of hydrogen-bond donors (Lipinski definition) is 1. The summed E-state index contributed by atoms with van der Waals surface area (Å²) in [6.45, 7) is 2.58. The molecule has 0 spiro atoms. The molecular formula is C13H16N4O2S. The molecule has 0 aliphatic heterocycles. The molecule has 0 saturated heterocycles. The van der Waals surface area contributed by atoms with Crippen LogP contribution in [-0.2, 0) is 6.54 Å². The van der Waals surface area contributed by atoms with Gasteiger partial charge in [-0.1, -0.05) is 0 Å². The predicted molar refractivity (Wildman–Crippen MR) is 81.6 cm³/mol. The normalized spacial score (nSPS) is 10.3. The van der Waals surface area contributed by atoms with Gasteiger partial charge in [-0.15, -0.1) is 11.3 Å². The minimum atomic E-state index is -0.384. The van der Waals surface area contributed by atoms with Crippen LogP contribution in [0, 0.1) is 17.0 Å². The van der Waals surface area contributed by atoms with Crippen LogP contribution in [0.4, 0.5) is 17.1 Å². The van der Waals surface area contributed by atoms with Crippen molar-refractivity contribution in [3.05, 3.63) is 44.4 Å². The minimum absolute atomic E-state index is 0.0770. The molecule has 20 heavy (non-hydrogen) atoms. The number of benzene rings is 1. The van der Waals surface area contributed by atoms with Crippen LogP contribution in [0.3, 0.4) is 0 Å². The molecule has 0 atom stereocenters. The Kier molecular flexibility index (Phi) is 4.19. The molecule has 1 aromatic heterocycles. The highest BCUT2D eigenvalue weighted by Crippen LogP contribution is 2.27. The Morgan fingerprint density at radius 1 is 1.45 bits per heavy atom. The molecule has 0 saturated carbocycles. The van der Waals surface area contributed by atoms with Gasteiger partial charge in [0.2, 0.25) is 0 Å². The number of nitrogens with one attached hydrogen (secondary N) is 1. The number of aryl methyl sites for hydroxylation is 1. The molecule has 6 nitrogen and oxygen atoms in total. The van der Waals surface area contributed by atoms with Gasteiger partial charge in [0.25, 0.3) is 5.69 Å². The van der Waals surface area contributed by atoms with E-state index < -0.39 is 0 Å². The molecule has 7 heteroatoms. The van der Waals surface area contributed by atoms with Gasteiger partial charge in [-0.3, -0.25) is 10.1 Å². The first kappa shape index (κ1) is 14.3. The summed E-state index contributed by atoms with van der Waals surface area (Å²) in [5.74, 6) is 0. The molecule has 0 radical (unpaired) electrons. The van der Waals surface area contributed by atoms with Crippen molar-refractivity contribution in [3.63, 3.8) is 0 Å². The van der Waals surface area contributed by atoms with Crippen molar-refractivity contribution in [1.82, 2.24) is 4.98 Å². The van der Waals surface area contributed by atoms with E-state index in [9.17, 15) is 10.1 Å². The molecule has 0 amide bonds. The summed E-state index contributed by atoms with van der Waals surface area (Å²) in [7, 11) is 3.64. The van der Waals surface area contributed by atoms with Gasteiger partial charge in [0, 0.05) is 43.0 Å². The molecule has 1 N–H and O–H groups in total. The molecule has 0 fully saturated rings. The van der Waals surface area contributed by atoms with E-state index in [0.717, 1.165) is 22.1 Å². The van der Waals surface area contributed by atoms with Crippen LogP contribution in [0.5, 0.6) is 0 Å². The zero-order valence-electron chi connectivity index (χ0n) is 11.6. The zero-order chi connectivity index (χ0) is 14.7. The maximum atomic E-state index is 11.0. The molecule has 0 aliphatic rings. The number of aromatic nitrogens is 1. The molecule has 0 unspecified atom stereocenters. The first-order chi connectivity index (χ1) is 9.49. The van der Waals surface area contributed by atoms with Gasteiger partial charge in [0.1, 0.15) is 0 Å².